The molecule has 0 aromatic heterocycles. The fraction of sp³-hybridized carbons (Fsp3) is 0.600. The molecule has 0 saturated heterocycles. The second-order valence-corrected chi connectivity index (χ2v) is 20.0. The summed E-state index contributed by atoms with van der Waals surface area (Å²) < 4.78 is 0. The Labute approximate surface area is 166 Å². The van der Waals surface area contributed by atoms with Gasteiger partial charge in [0.25, 0.3) is 0 Å². The molecule has 0 unspecified atom stereocenters. The summed E-state index contributed by atoms with van der Waals surface area (Å²) in [5.74, 6) is 0. The second kappa shape index (κ2) is 11.0. The summed E-state index contributed by atoms with van der Waals surface area (Å²) in [7, 11) is -1.64. The SMILES string of the molecule is C[Si](C)(C)CCC1=[C-]CC=C1.C[Si](C)(C)CCC1=[C-]CC=C1.[Hf]. The third-order valence-corrected chi connectivity index (χ3v) is 7.32. The zero-order chi connectivity index (χ0) is 16.6. The van der Waals surface area contributed by atoms with E-state index in [9.17, 15) is 0 Å². The maximum Gasteiger partial charge on any atom is 0.0444 e. The molecule has 0 aromatic carbocycles. The third-order valence-electron chi connectivity index (χ3n) is 3.82. The molecule has 0 saturated carbocycles. The van der Waals surface area contributed by atoms with Gasteiger partial charge in [0.2, 0.25) is 0 Å². The summed E-state index contributed by atoms with van der Waals surface area (Å²) in [6, 6.07) is 2.80. The molecule has 0 nitrogen and oxygen atoms in total. The van der Waals surface area contributed by atoms with E-state index in [0.717, 1.165) is 12.8 Å². The van der Waals surface area contributed by atoms with Gasteiger partial charge in [-0.3, -0.25) is 12.2 Å². The van der Waals surface area contributed by atoms with Gasteiger partial charge in [-0.15, -0.1) is 12.8 Å². The zero-order valence-corrected chi connectivity index (χ0v) is 21.6. The molecular formula is C20H34HfSi2-2. The van der Waals surface area contributed by atoms with Gasteiger partial charge >= 0.3 is 0 Å². The summed E-state index contributed by atoms with van der Waals surface area (Å²) in [6.45, 7) is 14.5. The van der Waals surface area contributed by atoms with Gasteiger partial charge in [-0.05, 0) is 0 Å². The maximum atomic E-state index is 3.36. The molecule has 0 fully saturated rings. The quantitative estimate of drug-likeness (QED) is 0.273. The van der Waals surface area contributed by atoms with Crippen LogP contribution in [0.3, 0.4) is 0 Å². The van der Waals surface area contributed by atoms with E-state index in [1.54, 1.807) is 0 Å². The topological polar surface area (TPSA) is 0 Å². The minimum Gasteiger partial charge on any atom is -0.270 e. The van der Waals surface area contributed by atoms with Crippen LogP contribution in [0.1, 0.15) is 25.7 Å². The molecule has 0 amide bonds. The van der Waals surface area contributed by atoms with E-state index >= 15 is 0 Å². The van der Waals surface area contributed by atoms with E-state index < -0.39 is 16.1 Å². The van der Waals surface area contributed by atoms with Gasteiger partial charge in [0.1, 0.15) is 0 Å². The van der Waals surface area contributed by atoms with Crippen LogP contribution in [0.15, 0.2) is 35.5 Å². The summed E-state index contributed by atoms with van der Waals surface area (Å²) >= 11 is 0. The molecule has 3 heteroatoms. The molecule has 0 bridgehead atoms. The fourth-order valence-corrected chi connectivity index (χ4v) is 4.30. The average molecular weight is 509 g/mol. The largest absolute Gasteiger partial charge is 0.270 e. The van der Waals surface area contributed by atoms with Crippen LogP contribution in [-0.4, -0.2) is 16.1 Å². The average Bonchev–Trinajstić information content (AvgIpc) is 3.07. The maximum absolute atomic E-state index is 3.36. The summed E-state index contributed by atoms with van der Waals surface area (Å²) in [5, 5.41) is 0. The Bertz CT molecular complexity index is 413. The van der Waals surface area contributed by atoms with Gasteiger partial charge < -0.3 is 0 Å². The van der Waals surface area contributed by atoms with E-state index in [-0.39, 0.29) is 25.8 Å². The van der Waals surface area contributed by atoms with Gasteiger partial charge in [-0.2, -0.15) is 12.2 Å². The van der Waals surface area contributed by atoms with Crippen LogP contribution >= 0.6 is 0 Å². The Hall–Kier alpha value is 0.264. The molecule has 2 aliphatic rings. The molecule has 128 valence electrons. The Morgan fingerprint density at radius 1 is 0.739 bits per heavy atom. The Balaban J connectivity index is 0.000000403. The summed E-state index contributed by atoms with van der Waals surface area (Å²) in [6.07, 6.45) is 20.1. The van der Waals surface area contributed by atoms with Crippen LogP contribution in [0.25, 0.3) is 0 Å². The molecule has 2 aliphatic carbocycles. The van der Waals surface area contributed by atoms with Crippen molar-refractivity contribution in [2.24, 2.45) is 0 Å². The molecule has 0 heterocycles. The van der Waals surface area contributed by atoms with Crippen LogP contribution in [0, 0.1) is 12.2 Å². The fourth-order valence-electron chi connectivity index (χ4n) is 2.26. The number of rotatable bonds is 6. The molecule has 23 heavy (non-hydrogen) atoms. The minimum atomic E-state index is -0.819. The predicted octanol–water partition coefficient (Wildman–Crippen LogP) is 6.81. The molecule has 0 radical (unpaired) electrons. The van der Waals surface area contributed by atoms with Crippen LogP contribution in [0.2, 0.25) is 51.4 Å². The Kier molecular flexibility index (Phi) is 11.1. The molecule has 0 spiro atoms. The van der Waals surface area contributed by atoms with E-state index in [1.165, 1.54) is 36.1 Å². The standard InChI is InChI=1S/2C10H17Si.Hf/c2*1-11(2,3)9-8-10-6-4-5-7-10;/h2*4,6H,5,8-9H2,1-3H3;/q2*-1;. The van der Waals surface area contributed by atoms with Crippen molar-refractivity contribution in [1.82, 2.24) is 0 Å². The van der Waals surface area contributed by atoms with E-state index in [4.69, 9.17) is 0 Å². The van der Waals surface area contributed by atoms with Gasteiger partial charge in [0.05, 0.1) is 0 Å². The van der Waals surface area contributed by atoms with Gasteiger partial charge in [0.15, 0.2) is 0 Å². The molecule has 0 aliphatic heterocycles. The van der Waals surface area contributed by atoms with Crippen LogP contribution < -0.4 is 0 Å². The first-order valence-corrected chi connectivity index (χ1v) is 16.1. The predicted molar refractivity (Wildman–Crippen MR) is 107 cm³/mol. The molecule has 0 atom stereocenters. The van der Waals surface area contributed by atoms with Crippen LogP contribution in [-0.2, 0) is 25.8 Å². The van der Waals surface area contributed by atoms with Crippen molar-refractivity contribution in [2.75, 3.05) is 0 Å². The van der Waals surface area contributed by atoms with Crippen LogP contribution in [0.4, 0.5) is 0 Å². The van der Waals surface area contributed by atoms with Crippen LogP contribution in [0.5, 0.6) is 0 Å². The number of hydrogen-bond donors (Lipinski definition) is 0. The van der Waals surface area contributed by atoms with Crippen molar-refractivity contribution in [3.63, 3.8) is 0 Å². The molecule has 0 N–H and O–H groups in total. The van der Waals surface area contributed by atoms with Crippen molar-refractivity contribution >= 4 is 16.1 Å². The van der Waals surface area contributed by atoms with Crippen molar-refractivity contribution in [3.8, 4) is 0 Å². The molecule has 2 rings (SSSR count). The first-order valence-electron chi connectivity index (χ1n) is 8.68. The zero-order valence-electron chi connectivity index (χ0n) is 16.1. The smallest absolute Gasteiger partial charge is 0.0444 e. The summed E-state index contributed by atoms with van der Waals surface area (Å²) in [5.41, 5.74) is 2.87. The monoisotopic (exact) mass is 510 g/mol. The normalized spacial score (nSPS) is 16.4. The summed E-state index contributed by atoms with van der Waals surface area (Å²) in [4.78, 5) is 0. The Morgan fingerprint density at radius 3 is 1.30 bits per heavy atom. The molecular weight excluding hydrogens is 475 g/mol. The van der Waals surface area contributed by atoms with Crippen molar-refractivity contribution in [1.29, 1.82) is 0 Å². The van der Waals surface area contributed by atoms with Crippen molar-refractivity contribution < 1.29 is 25.8 Å². The van der Waals surface area contributed by atoms with Gasteiger partial charge in [-0.25, -0.2) is 23.3 Å². The second-order valence-electron chi connectivity index (χ2n) is 8.74. The minimum absolute atomic E-state index is 0. The van der Waals surface area contributed by atoms with Gasteiger partial charge in [-0.1, -0.05) is 64.2 Å². The number of hydrogen-bond acceptors (Lipinski definition) is 0. The first kappa shape index (κ1) is 23.3. The van der Waals surface area contributed by atoms with Crippen molar-refractivity contribution in [3.05, 3.63) is 47.6 Å². The van der Waals surface area contributed by atoms with E-state index in [2.05, 4.69) is 75.7 Å². The van der Waals surface area contributed by atoms with Crippen molar-refractivity contribution in [2.45, 2.75) is 77.1 Å². The van der Waals surface area contributed by atoms with Gasteiger partial charge in [0, 0.05) is 42.0 Å². The third kappa shape index (κ3) is 13.3. The number of allylic oxidation sites excluding steroid dienone is 8. The van der Waals surface area contributed by atoms with E-state index in [1.807, 2.05) is 0 Å². The molecule has 0 aromatic rings. The van der Waals surface area contributed by atoms with E-state index in [0.29, 0.717) is 0 Å². The Morgan fingerprint density at radius 2 is 1.09 bits per heavy atom. The first-order chi connectivity index (χ1) is 10.2.